The number of Topliss-reactive ketones (excluding diaryl/α,β-unsaturated/α-hetero) is 1. The number of thiazole rings is 1. The van der Waals surface area contributed by atoms with Gasteiger partial charge in [-0.1, -0.05) is 41.1 Å². The van der Waals surface area contributed by atoms with Crippen molar-refractivity contribution >= 4 is 39.8 Å². The second-order valence-electron chi connectivity index (χ2n) is 4.48. The van der Waals surface area contributed by atoms with E-state index in [1.807, 2.05) is 18.2 Å². The molecule has 2 rings (SSSR count). The van der Waals surface area contributed by atoms with E-state index in [0.29, 0.717) is 16.7 Å². The highest BCUT2D eigenvalue weighted by Gasteiger charge is 2.22. The molecular formula is C14H13ClN2O3S. The number of aromatic nitrogens is 1. The number of hydrogen-bond donors (Lipinski definition) is 1. The van der Waals surface area contributed by atoms with Gasteiger partial charge in [-0.15, -0.1) is 0 Å². The van der Waals surface area contributed by atoms with Gasteiger partial charge in [-0.2, -0.15) is 0 Å². The van der Waals surface area contributed by atoms with Crippen molar-refractivity contribution in [3.8, 4) is 0 Å². The van der Waals surface area contributed by atoms with Crippen molar-refractivity contribution in [2.45, 2.75) is 13.5 Å². The summed E-state index contributed by atoms with van der Waals surface area (Å²) in [5.74, 6) is -1.50. The fourth-order valence-electron chi connectivity index (χ4n) is 1.81. The van der Waals surface area contributed by atoms with Gasteiger partial charge in [0.25, 0.3) is 0 Å². The number of halogens is 1. The highest BCUT2D eigenvalue weighted by molar-refractivity contribution is 7.17. The van der Waals surface area contributed by atoms with Crippen LogP contribution in [0.25, 0.3) is 0 Å². The van der Waals surface area contributed by atoms with E-state index in [1.165, 1.54) is 6.92 Å². The normalized spacial score (nSPS) is 10.4. The zero-order valence-electron chi connectivity index (χ0n) is 11.5. The second kappa shape index (κ2) is 6.24. The van der Waals surface area contributed by atoms with E-state index < -0.39 is 5.97 Å². The molecule has 1 heterocycles. The molecule has 0 bridgehead atoms. The van der Waals surface area contributed by atoms with Crippen LogP contribution in [0, 0.1) is 0 Å². The monoisotopic (exact) mass is 324 g/mol. The summed E-state index contributed by atoms with van der Waals surface area (Å²) >= 11 is 7.17. The number of nitrogens with zero attached hydrogens (tertiary/aromatic N) is 2. The zero-order chi connectivity index (χ0) is 15.6. The average molecular weight is 325 g/mol. The lowest BCUT2D eigenvalue weighted by atomic mass is 10.2. The third-order valence-corrected chi connectivity index (χ3v) is 4.47. The molecule has 0 unspecified atom stereocenters. The van der Waals surface area contributed by atoms with Crippen molar-refractivity contribution in [3.05, 3.63) is 45.4 Å². The van der Waals surface area contributed by atoms with Gasteiger partial charge in [0.2, 0.25) is 0 Å². The van der Waals surface area contributed by atoms with Crippen LogP contribution in [0.1, 0.15) is 32.6 Å². The molecule has 2 aromatic rings. The van der Waals surface area contributed by atoms with E-state index >= 15 is 0 Å². The molecule has 0 saturated heterocycles. The molecule has 21 heavy (non-hydrogen) atoms. The Morgan fingerprint density at radius 1 is 1.38 bits per heavy atom. The Morgan fingerprint density at radius 2 is 2.05 bits per heavy atom. The molecule has 1 aromatic carbocycles. The van der Waals surface area contributed by atoms with Crippen LogP contribution in [-0.2, 0) is 6.54 Å². The summed E-state index contributed by atoms with van der Waals surface area (Å²) < 4.78 is 0. The van der Waals surface area contributed by atoms with Crippen LogP contribution in [0.2, 0.25) is 5.02 Å². The number of benzene rings is 1. The number of ketones is 1. The maximum Gasteiger partial charge on any atom is 0.356 e. The van der Waals surface area contributed by atoms with Crippen LogP contribution in [-0.4, -0.2) is 28.9 Å². The molecule has 0 radical (unpaired) electrons. The third kappa shape index (κ3) is 3.40. The third-order valence-electron chi connectivity index (χ3n) is 2.83. The maximum atomic E-state index is 11.5. The summed E-state index contributed by atoms with van der Waals surface area (Å²) in [5.41, 5.74) is 0.701. The van der Waals surface area contributed by atoms with Gasteiger partial charge < -0.3 is 10.0 Å². The number of carbonyl (C=O) groups is 2. The Labute approximate surface area is 130 Å². The first-order chi connectivity index (χ1) is 9.90. The predicted octanol–water partition coefficient (Wildman–Crippen LogP) is 3.33. The van der Waals surface area contributed by atoms with Gasteiger partial charge in [-0.3, -0.25) is 4.79 Å². The van der Waals surface area contributed by atoms with Crippen LogP contribution in [0.15, 0.2) is 24.3 Å². The van der Waals surface area contributed by atoms with Crippen LogP contribution >= 0.6 is 22.9 Å². The van der Waals surface area contributed by atoms with Gasteiger partial charge >= 0.3 is 5.97 Å². The Kier molecular flexibility index (Phi) is 4.59. The van der Waals surface area contributed by atoms with Gasteiger partial charge in [0, 0.05) is 25.5 Å². The highest BCUT2D eigenvalue weighted by Crippen LogP contribution is 2.28. The average Bonchev–Trinajstić information content (AvgIpc) is 2.87. The molecular weight excluding hydrogens is 312 g/mol. The largest absolute Gasteiger partial charge is 0.476 e. The van der Waals surface area contributed by atoms with Crippen LogP contribution in [0.4, 0.5) is 5.13 Å². The van der Waals surface area contributed by atoms with E-state index in [2.05, 4.69) is 4.98 Å². The number of hydrogen-bond acceptors (Lipinski definition) is 5. The van der Waals surface area contributed by atoms with Gasteiger partial charge in [0.1, 0.15) is 4.88 Å². The molecule has 0 spiro atoms. The van der Waals surface area contributed by atoms with Crippen molar-refractivity contribution in [2.24, 2.45) is 0 Å². The van der Waals surface area contributed by atoms with Crippen LogP contribution in [0.3, 0.4) is 0 Å². The molecule has 0 amide bonds. The van der Waals surface area contributed by atoms with Crippen molar-refractivity contribution in [1.82, 2.24) is 4.98 Å². The Balaban J connectivity index is 2.30. The van der Waals surface area contributed by atoms with Crippen molar-refractivity contribution < 1.29 is 14.7 Å². The predicted molar refractivity (Wildman–Crippen MR) is 82.6 cm³/mol. The first-order valence-corrected chi connectivity index (χ1v) is 7.29. The molecule has 1 aromatic heterocycles. The first kappa shape index (κ1) is 15.5. The second-order valence-corrected chi connectivity index (χ2v) is 5.87. The van der Waals surface area contributed by atoms with E-state index in [1.54, 1.807) is 18.0 Å². The number of aromatic carboxylic acids is 1. The van der Waals surface area contributed by atoms with Gasteiger partial charge in [0.05, 0.1) is 0 Å². The quantitative estimate of drug-likeness (QED) is 0.854. The lowest BCUT2D eigenvalue weighted by Gasteiger charge is -2.16. The fraction of sp³-hybridized carbons (Fsp3) is 0.214. The number of carboxylic acid groups (broad SMARTS) is 1. The molecule has 0 aliphatic heterocycles. The maximum absolute atomic E-state index is 11.5. The molecule has 7 heteroatoms. The summed E-state index contributed by atoms with van der Waals surface area (Å²) in [7, 11) is 1.78. The smallest absolute Gasteiger partial charge is 0.356 e. The zero-order valence-corrected chi connectivity index (χ0v) is 13.0. The number of rotatable bonds is 5. The van der Waals surface area contributed by atoms with Crippen LogP contribution < -0.4 is 4.90 Å². The van der Waals surface area contributed by atoms with Crippen molar-refractivity contribution in [3.63, 3.8) is 0 Å². The lowest BCUT2D eigenvalue weighted by molar-refractivity contribution is 0.0687. The SMILES string of the molecule is CC(=O)c1sc(N(C)Cc2ccccc2Cl)nc1C(=O)O. The minimum absolute atomic E-state index is 0.156. The summed E-state index contributed by atoms with van der Waals surface area (Å²) in [6.45, 7) is 1.81. The number of anilines is 1. The summed E-state index contributed by atoms with van der Waals surface area (Å²) in [6.07, 6.45) is 0. The molecule has 0 fully saturated rings. The van der Waals surface area contributed by atoms with Crippen molar-refractivity contribution in [2.75, 3.05) is 11.9 Å². The Hall–Kier alpha value is -1.92. The minimum Gasteiger partial charge on any atom is -0.476 e. The van der Waals surface area contributed by atoms with Gasteiger partial charge in [-0.25, -0.2) is 9.78 Å². The standard InChI is InChI=1S/C14H13ClN2O3S/c1-8(18)12-11(13(19)20)16-14(21-12)17(2)7-9-5-3-4-6-10(9)15/h3-6H,7H2,1-2H3,(H,19,20). The van der Waals surface area contributed by atoms with Gasteiger partial charge in [0.15, 0.2) is 16.6 Å². The molecule has 0 aliphatic carbocycles. The molecule has 0 saturated carbocycles. The highest BCUT2D eigenvalue weighted by atomic mass is 35.5. The summed E-state index contributed by atoms with van der Waals surface area (Å²) in [6, 6.07) is 7.39. The topological polar surface area (TPSA) is 70.5 Å². The number of carbonyl (C=O) groups excluding carboxylic acids is 1. The van der Waals surface area contributed by atoms with Gasteiger partial charge in [-0.05, 0) is 11.6 Å². The number of carboxylic acids is 1. The Bertz CT molecular complexity index is 668. The molecule has 5 nitrogen and oxygen atoms in total. The van der Waals surface area contributed by atoms with E-state index in [-0.39, 0.29) is 16.4 Å². The van der Waals surface area contributed by atoms with Crippen molar-refractivity contribution in [1.29, 1.82) is 0 Å². The molecule has 0 atom stereocenters. The summed E-state index contributed by atoms with van der Waals surface area (Å²) in [4.78, 5) is 28.6. The Morgan fingerprint density at radius 3 is 2.57 bits per heavy atom. The van der Waals surface area contributed by atoms with Crippen LogP contribution in [0.5, 0.6) is 0 Å². The summed E-state index contributed by atoms with van der Waals surface area (Å²) in [5, 5.41) is 10.2. The molecule has 0 aliphatic rings. The molecule has 110 valence electrons. The minimum atomic E-state index is -1.20. The van der Waals surface area contributed by atoms with E-state index in [4.69, 9.17) is 16.7 Å². The lowest BCUT2D eigenvalue weighted by Crippen LogP contribution is -2.16. The van der Waals surface area contributed by atoms with E-state index in [0.717, 1.165) is 16.9 Å². The first-order valence-electron chi connectivity index (χ1n) is 6.09. The molecule has 1 N–H and O–H groups in total. The van der Waals surface area contributed by atoms with E-state index in [9.17, 15) is 9.59 Å². The fourth-order valence-corrected chi connectivity index (χ4v) is 2.91.